The van der Waals surface area contributed by atoms with Gasteiger partial charge in [-0.3, -0.25) is 9.78 Å². The maximum Gasteiger partial charge on any atom is 0.307 e. The van der Waals surface area contributed by atoms with E-state index in [9.17, 15) is 4.79 Å². The first-order valence-electron chi connectivity index (χ1n) is 3.10. The van der Waals surface area contributed by atoms with E-state index in [4.69, 9.17) is 10.8 Å². The van der Waals surface area contributed by atoms with Gasteiger partial charge in [-0.05, 0) is 6.07 Å². The van der Waals surface area contributed by atoms with Gasteiger partial charge < -0.3 is 10.8 Å². The molecule has 0 saturated carbocycles. The average molecular weight is 152 g/mol. The minimum Gasteiger partial charge on any atom is -0.481 e. The summed E-state index contributed by atoms with van der Waals surface area (Å²) in [4.78, 5) is 14.0. The van der Waals surface area contributed by atoms with Gasteiger partial charge in [0.2, 0.25) is 0 Å². The number of rotatable bonds is 2. The summed E-state index contributed by atoms with van der Waals surface area (Å²) in [6.45, 7) is 0. The molecule has 0 atom stereocenters. The Bertz CT molecular complexity index is 273. The summed E-state index contributed by atoms with van der Waals surface area (Å²) in [6.07, 6.45) is 2.92. The van der Waals surface area contributed by atoms with Crippen LogP contribution in [0.2, 0.25) is 0 Å². The molecule has 11 heavy (non-hydrogen) atoms. The minimum atomic E-state index is -0.898. The van der Waals surface area contributed by atoms with Crippen molar-refractivity contribution in [2.75, 3.05) is 5.73 Å². The van der Waals surface area contributed by atoms with Crippen molar-refractivity contribution in [1.82, 2.24) is 4.98 Å². The van der Waals surface area contributed by atoms with E-state index in [1.807, 2.05) is 0 Å². The lowest BCUT2D eigenvalue weighted by atomic mass is 10.2. The molecular formula is C7H8N2O2. The van der Waals surface area contributed by atoms with Gasteiger partial charge in [-0.2, -0.15) is 0 Å². The molecule has 0 unspecified atom stereocenters. The van der Waals surface area contributed by atoms with Crippen molar-refractivity contribution < 1.29 is 9.90 Å². The molecule has 4 nitrogen and oxygen atoms in total. The Morgan fingerprint density at radius 3 is 3.00 bits per heavy atom. The lowest BCUT2D eigenvalue weighted by Gasteiger charge is -1.99. The summed E-state index contributed by atoms with van der Waals surface area (Å²) in [5.41, 5.74) is 6.50. The van der Waals surface area contributed by atoms with Gasteiger partial charge in [0.1, 0.15) is 0 Å². The fourth-order valence-corrected chi connectivity index (χ4v) is 0.749. The van der Waals surface area contributed by atoms with Gasteiger partial charge in [-0.15, -0.1) is 0 Å². The van der Waals surface area contributed by atoms with E-state index in [1.165, 1.54) is 12.4 Å². The number of nitrogens with two attached hydrogens (primary N) is 1. The van der Waals surface area contributed by atoms with E-state index in [1.54, 1.807) is 6.07 Å². The average Bonchev–Trinajstić information content (AvgIpc) is 1.93. The van der Waals surface area contributed by atoms with E-state index in [0.717, 1.165) is 0 Å². The van der Waals surface area contributed by atoms with Crippen molar-refractivity contribution >= 4 is 11.7 Å². The van der Waals surface area contributed by atoms with Crippen LogP contribution in [0.5, 0.6) is 0 Å². The van der Waals surface area contributed by atoms with Crippen molar-refractivity contribution in [1.29, 1.82) is 0 Å². The standard InChI is InChI=1S/C7H8N2O2/c8-6-1-2-9-4-5(6)3-7(10)11/h1-2,4H,3H2,(H2,8,9)(H,10,11). The van der Waals surface area contributed by atoms with Crippen molar-refractivity contribution in [3.8, 4) is 0 Å². The van der Waals surface area contributed by atoms with Gasteiger partial charge in [0.15, 0.2) is 0 Å². The van der Waals surface area contributed by atoms with Gasteiger partial charge >= 0.3 is 5.97 Å². The quantitative estimate of drug-likeness (QED) is 0.638. The fourth-order valence-electron chi connectivity index (χ4n) is 0.749. The number of pyridine rings is 1. The number of carbonyl (C=O) groups is 1. The third-order valence-corrected chi connectivity index (χ3v) is 1.28. The Balaban J connectivity index is 2.86. The Kier molecular flexibility index (Phi) is 2.06. The highest BCUT2D eigenvalue weighted by Gasteiger charge is 2.02. The first kappa shape index (κ1) is 7.53. The molecule has 0 aliphatic carbocycles. The lowest BCUT2D eigenvalue weighted by molar-refractivity contribution is -0.136. The smallest absolute Gasteiger partial charge is 0.307 e. The van der Waals surface area contributed by atoms with Gasteiger partial charge in [-0.25, -0.2) is 0 Å². The monoisotopic (exact) mass is 152 g/mol. The summed E-state index contributed by atoms with van der Waals surface area (Å²) >= 11 is 0. The van der Waals surface area contributed by atoms with Gasteiger partial charge in [0, 0.05) is 23.6 Å². The number of nitrogens with zero attached hydrogens (tertiary/aromatic N) is 1. The molecule has 0 bridgehead atoms. The second-order valence-electron chi connectivity index (χ2n) is 2.15. The van der Waals surface area contributed by atoms with E-state index in [2.05, 4.69) is 4.98 Å². The van der Waals surface area contributed by atoms with Gasteiger partial charge in [0.25, 0.3) is 0 Å². The van der Waals surface area contributed by atoms with Gasteiger partial charge in [0.05, 0.1) is 6.42 Å². The van der Waals surface area contributed by atoms with Crippen molar-refractivity contribution in [3.05, 3.63) is 24.0 Å². The predicted octanol–water partition coefficient (Wildman–Crippen LogP) is 0.291. The normalized spacial score (nSPS) is 9.45. The van der Waals surface area contributed by atoms with E-state index in [-0.39, 0.29) is 6.42 Å². The molecule has 0 radical (unpaired) electrons. The number of hydrogen-bond donors (Lipinski definition) is 2. The zero-order valence-corrected chi connectivity index (χ0v) is 5.82. The molecule has 4 heteroatoms. The maximum atomic E-state index is 10.2. The molecule has 0 fully saturated rings. The number of aliphatic carboxylic acids is 1. The molecule has 0 aromatic carbocycles. The van der Waals surface area contributed by atoms with E-state index >= 15 is 0 Å². The van der Waals surface area contributed by atoms with Crippen LogP contribution in [0.4, 0.5) is 5.69 Å². The van der Waals surface area contributed by atoms with Crippen LogP contribution in [0, 0.1) is 0 Å². The summed E-state index contributed by atoms with van der Waals surface area (Å²) in [5, 5.41) is 8.41. The molecule has 58 valence electrons. The molecule has 1 heterocycles. The van der Waals surface area contributed by atoms with Crippen LogP contribution in [0.1, 0.15) is 5.56 Å². The van der Waals surface area contributed by atoms with E-state index in [0.29, 0.717) is 11.3 Å². The van der Waals surface area contributed by atoms with Gasteiger partial charge in [-0.1, -0.05) is 0 Å². The molecule has 1 aromatic heterocycles. The van der Waals surface area contributed by atoms with Crippen LogP contribution in [-0.2, 0) is 11.2 Å². The van der Waals surface area contributed by atoms with Crippen LogP contribution in [0.15, 0.2) is 18.5 Å². The molecule has 3 N–H and O–H groups in total. The fraction of sp³-hybridized carbons (Fsp3) is 0.143. The second-order valence-corrected chi connectivity index (χ2v) is 2.15. The van der Waals surface area contributed by atoms with Crippen LogP contribution < -0.4 is 5.73 Å². The molecule has 0 amide bonds. The molecule has 1 rings (SSSR count). The second kappa shape index (κ2) is 3.01. The predicted molar refractivity (Wildman–Crippen MR) is 40.0 cm³/mol. The number of nitrogen functional groups attached to an aromatic ring is 1. The third kappa shape index (κ3) is 1.93. The number of carboxylic acids is 1. The Labute approximate surface area is 63.7 Å². The van der Waals surface area contributed by atoms with E-state index < -0.39 is 5.97 Å². The lowest BCUT2D eigenvalue weighted by Crippen LogP contribution is -2.03. The molecule has 0 aliphatic rings. The minimum absolute atomic E-state index is 0.0698. The summed E-state index contributed by atoms with van der Waals surface area (Å²) in [5.74, 6) is -0.898. The number of hydrogen-bond acceptors (Lipinski definition) is 3. The summed E-state index contributed by atoms with van der Waals surface area (Å²) < 4.78 is 0. The molecule has 1 aromatic rings. The number of anilines is 1. The number of aromatic nitrogens is 1. The maximum absolute atomic E-state index is 10.2. The van der Waals surface area contributed by atoms with Crippen LogP contribution >= 0.6 is 0 Å². The first-order valence-corrected chi connectivity index (χ1v) is 3.10. The Morgan fingerprint density at radius 2 is 2.45 bits per heavy atom. The topological polar surface area (TPSA) is 76.2 Å². The van der Waals surface area contributed by atoms with Crippen LogP contribution in [0.25, 0.3) is 0 Å². The largest absolute Gasteiger partial charge is 0.481 e. The Morgan fingerprint density at radius 1 is 1.73 bits per heavy atom. The highest BCUT2D eigenvalue weighted by atomic mass is 16.4. The van der Waals surface area contributed by atoms with Crippen LogP contribution in [0.3, 0.4) is 0 Å². The van der Waals surface area contributed by atoms with Crippen molar-refractivity contribution in [3.63, 3.8) is 0 Å². The zero-order valence-electron chi connectivity index (χ0n) is 5.82. The molecule has 0 spiro atoms. The highest BCUT2D eigenvalue weighted by Crippen LogP contribution is 2.08. The molecule has 0 aliphatic heterocycles. The molecular weight excluding hydrogens is 144 g/mol. The first-order chi connectivity index (χ1) is 5.20. The highest BCUT2D eigenvalue weighted by molar-refractivity contribution is 5.72. The molecule has 0 saturated heterocycles. The van der Waals surface area contributed by atoms with Crippen LogP contribution in [-0.4, -0.2) is 16.1 Å². The zero-order chi connectivity index (χ0) is 8.27. The van der Waals surface area contributed by atoms with Crippen molar-refractivity contribution in [2.24, 2.45) is 0 Å². The summed E-state index contributed by atoms with van der Waals surface area (Å²) in [7, 11) is 0. The summed E-state index contributed by atoms with van der Waals surface area (Å²) in [6, 6.07) is 1.58. The Hall–Kier alpha value is -1.58. The SMILES string of the molecule is Nc1ccncc1CC(=O)O. The number of carboxylic acid groups (broad SMARTS) is 1. The third-order valence-electron chi connectivity index (χ3n) is 1.28. The van der Waals surface area contributed by atoms with Crippen molar-refractivity contribution in [2.45, 2.75) is 6.42 Å².